The van der Waals surface area contributed by atoms with Crippen LogP contribution in [0.4, 0.5) is 0 Å². The highest BCUT2D eigenvalue weighted by molar-refractivity contribution is 5.86. The van der Waals surface area contributed by atoms with E-state index < -0.39 is 120 Å². The van der Waals surface area contributed by atoms with Crippen LogP contribution in [-0.2, 0) is 33.2 Å². The number of fused-ring (bicyclic) bond motifs is 5. The van der Waals surface area contributed by atoms with Crippen LogP contribution in [-0.4, -0.2) is 186 Å². The summed E-state index contributed by atoms with van der Waals surface area (Å²) in [5, 5.41) is 118. The molecule has 368 valence electrons. The Morgan fingerprint density at radius 3 is 1.95 bits per heavy atom. The first-order chi connectivity index (χ1) is 29.7. The fourth-order valence-corrected chi connectivity index (χ4v) is 13.9. The van der Waals surface area contributed by atoms with Crippen LogP contribution in [0.2, 0.25) is 0 Å². The lowest BCUT2D eigenvalue weighted by Gasteiger charge is -2.70. The second kappa shape index (κ2) is 18.2. The van der Waals surface area contributed by atoms with Gasteiger partial charge in [0, 0.05) is 17.8 Å². The molecule has 0 bridgehead atoms. The van der Waals surface area contributed by atoms with Crippen molar-refractivity contribution < 1.29 is 89.4 Å². The Morgan fingerprint density at radius 1 is 0.703 bits per heavy atom. The van der Waals surface area contributed by atoms with Crippen LogP contribution < -0.4 is 0 Å². The Morgan fingerprint density at radius 2 is 1.31 bits per heavy atom. The molecule has 0 aromatic heterocycles. The van der Waals surface area contributed by atoms with Crippen molar-refractivity contribution >= 4 is 5.78 Å². The summed E-state index contributed by atoms with van der Waals surface area (Å²) in [6.07, 6.45) is -11.8. The number of aliphatic hydroxyl groups excluding tert-OH is 9. The first kappa shape index (κ1) is 50.6. The van der Waals surface area contributed by atoms with Gasteiger partial charge in [-0.2, -0.15) is 0 Å². The van der Waals surface area contributed by atoms with Crippen LogP contribution in [0.5, 0.6) is 0 Å². The molecule has 3 aliphatic heterocycles. The molecule has 3 heterocycles. The highest BCUT2D eigenvalue weighted by atomic mass is 16.7. The molecule has 0 aromatic carbocycles. The van der Waals surface area contributed by atoms with Crippen molar-refractivity contribution in [2.75, 3.05) is 26.4 Å². The van der Waals surface area contributed by atoms with Gasteiger partial charge in [-0.05, 0) is 99.7 Å². The zero-order valence-corrected chi connectivity index (χ0v) is 38.3. The first-order valence-electron chi connectivity index (χ1n) is 23.3. The number of carbonyl (C=O) groups excluding carboxylic acids is 1. The number of hydrogen-bond acceptors (Lipinski definition) is 18. The Balaban J connectivity index is 1.17. The van der Waals surface area contributed by atoms with Gasteiger partial charge in [-0.1, -0.05) is 39.8 Å². The average molecular weight is 917 g/mol. The summed E-state index contributed by atoms with van der Waals surface area (Å²) in [5.74, 6) is -1.15. The second-order valence-electron chi connectivity index (χ2n) is 22.3. The maximum absolute atomic E-state index is 14.7. The van der Waals surface area contributed by atoms with Crippen molar-refractivity contribution in [2.45, 2.75) is 197 Å². The Labute approximate surface area is 375 Å². The molecular weight excluding hydrogens is 840 g/mol. The van der Waals surface area contributed by atoms with E-state index in [1.54, 1.807) is 32.9 Å². The minimum absolute atomic E-state index is 0.0421. The molecule has 22 atom stereocenters. The van der Waals surface area contributed by atoms with E-state index in [1.807, 2.05) is 0 Å². The van der Waals surface area contributed by atoms with Crippen molar-refractivity contribution in [1.29, 1.82) is 0 Å². The van der Waals surface area contributed by atoms with E-state index >= 15 is 0 Å². The van der Waals surface area contributed by atoms with E-state index in [0.717, 1.165) is 19.3 Å². The topological polar surface area (TPSA) is 295 Å². The normalized spacial score (nSPS) is 50.7. The average Bonchev–Trinajstić information content (AvgIpc) is 3.52. The summed E-state index contributed by atoms with van der Waals surface area (Å²) in [6.45, 7) is 12.7. The molecule has 0 spiro atoms. The molecule has 4 aliphatic carbocycles. The fourth-order valence-electron chi connectivity index (χ4n) is 13.9. The number of rotatable bonds is 12. The Hall–Kier alpha value is -1.27. The largest absolute Gasteiger partial charge is 0.389 e. The number of carbonyl (C=O) groups is 1. The van der Waals surface area contributed by atoms with Crippen molar-refractivity contribution in [3.8, 4) is 0 Å². The molecule has 7 aliphatic rings. The molecule has 11 N–H and O–H groups in total. The molecule has 0 radical (unpaired) electrons. The third kappa shape index (κ3) is 8.82. The molecule has 0 amide bonds. The van der Waals surface area contributed by atoms with Crippen LogP contribution in [0.1, 0.15) is 99.8 Å². The molecular formula is C46H76O18. The first-order valence-corrected chi connectivity index (χ1v) is 23.3. The molecule has 18 heteroatoms. The summed E-state index contributed by atoms with van der Waals surface area (Å²) in [5.41, 5.74) is -4.83. The standard InChI is InChI=1S/C46H76O18/c1-41(2,57)13-8-14-45(7,58)30-22-9-10-28-43(5)15-12-29(64-39-36(55)32(51)25(49)19-60-39)42(3,4)27(43)11-16-44(28,6)46(22,17-23(30)47)21-62-40-37(56)34(53)33(52)26(63-40)20-61-38-35(54)31(50)24(48)18-59-38/h8,13,22,24-40,48-58H,9-12,14-21H2,1-7H3. The monoisotopic (exact) mass is 917 g/mol. The van der Waals surface area contributed by atoms with E-state index in [9.17, 15) is 61.0 Å². The van der Waals surface area contributed by atoms with Crippen LogP contribution in [0.3, 0.4) is 0 Å². The fraction of sp³-hybridized carbons (Fsp3) is 0.935. The molecule has 0 aromatic rings. The van der Waals surface area contributed by atoms with Gasteiger partial charge >= 0.3 is 0 Å². The van der Waals surface area contributed by atoms with Gasteiger partial charge in [0.2, 0.25) is 0 Å². The Kier molecular flexibility index (Phi) is 14.4. The number of ketones is 1. The minimum Gasteiger partial charge on any atom is -0.389 e. The molecule has 4 saturated carbocycles. The van der Waals surface area contributed by atoms with E-state index in [4.69, 9.17) is 28.4 Å². The molecule has 3 saturated heterocycles. The lowest BCUT2D eigenvalue weighted by atomic mass is 9.35. The van der Waals surface area contributed by atoms with Gasteiger partial charge in [0.25, 0.3) is 0 Å². The van der Waals surface area contributed by atoms with E-state index in [1.165, 1.54) is 0 Å². The van der Waals surface area contributed by atoms with Crippen LogP contribution >= 0.6 is 0 Å². The number of hydrogen-bond donors (Lipinski definition) is 11. The molecule has 22 unspecified atom stereocenters. The van der Waals surface area contributed by atoms with Crippen LogP contribution in [0.15, 0.2) is 12.2 Å². The second-order valence-corrected chi connectivity index (χ2v) is 22.3. The van der Waals surface area contributed by atoms with Crippen molar-refractivity contribution in [2.24, 2.45) is 45.3 Å². The van der Waals surface area contributed by atoms with E-state index in [2.05, 4.69) is 27.7 Å². The van der Waals surface area contributed by atoms with Gasteiger partial charge in [-0.3, -0.25) is 4.79 Å². The summed E-state index contributed by atoms with van der Waals surface area (Å²) in [4.78, 5) is 14.7. The maximum Gasteiger partial charge on any atom is 0.186 e. The quantitative estimate of drug-likeness (QED) is 0.0861. The van der Waals surface area contributed by atoms with Crippen molar-refractivity contribution in [3.63, 3.8) is 0 Å². The van der Waals surface area contributed by atoms with E-state index in [-0.39, 0.29) is 67.7 Å². The molecule has 64 heavy (non-hydrogen) atoms. The maximum atomic E-state index is 14.7. The molecule has 7 fully saturated rings. The lowest BCUT2D eigenvalue weighted by Crippen LogP contribution is -2.67. The number of Topliss-reactive ketones (excluding diaryl/α,β-unsaturated/α-hetero) is 1. The predicted octanol–water partition coefficient (Wildman–Crippen LogP) is -0.597. The van der Waals surface area contributed by atoms with Gasteiger partial charge in [0.1, 0.15) is 66.8 Å². The van der Waals surface area contributed by atoms with Gasteiger partial charge in [-0.15, -0.1) is 0 Å². The van der Waals surface area contributed by atoms with E-state index in [0.29, 0.717) is 19.3 Å². The number of aliphatic hydroxyl groups is 11. The lowest BCUT2D eigenvalue weighted by molar-refractivity contribution is -0.333. The SMILES string of the molecule is CC(C)(O)C=CCC(C)(O)C1C(=O)CC2(COC3OC(COC4OCC(O)C(O)C4O)C(O)C(O)C3O)C1CCC1C3(C)CCC(OC4OCC(O)C(O)C4O)C(C)(C)C3CCC12C. The smallest absolute Gasteiger partial charge is 0.186 e. The molecule has 7 rings (SSSR count). The minimum atomic E-state index is -1.75. The van der Waals surface area contributed by atoms with Gasteiger partial charge in [0.15, 0.2) is 18.9 Å². The van der Waals surface area contributed by atoms with Crippen molar-refractivity contribution in [3.05, 3.63) is 12.2 Å². The highest BCUT2D eigenvalue weighted by Gasteiger charge is 2.73. The third-order valence-electron chi connectivity index (χ3n) is 17.4. The van der Waals surface area contributed by atoms with Crippen molar-refractivity contribution in [1.82, 2.24) is 0 Å². The predicted molar refractivity (Wildman–Crippen MR) is 223 cm³/mol. The van der Waals surface area contributed by atoms with Crippen LogP contribution in [0, 0.1) is 45.3 Å². The van der Waals surface area contributed by atoms with Gasteiger partial charge < -0.3 is 84.6 Å². The Bertz CT molecular complexity index is 1670. The summed E-state index contributed by atoms with van der Waals surface area (Å²) in [7, 11) is 0. The summed E-state index contributed by atoms with van der Waals surface area (Å²) in [6, 6.07) is 0. The summed E-state index contributed by atoms with van der Waals surface area (Å²) < 4.78 is 35.8. The highest BCUT2D eigenvalue weighted by Crippen LogP contribution is 2.75. The van der Waals surface area contributed by atoms with Crippen LogP contribution in [0.25, 0.3) is 0 Å². The zero-order valence-electron chi connectivity index (χ0n) is 38.3. The summed E-state index contributed by atoms with van der Waals surface area (Å²) >= 11 is 0. The molecule has 18 nitrogen and oxygen atoms in total. The zero-order chi connectivity index (χ0) is 47.1. The van der Waals surface area contributed by atoms with Gasteiger partial charge in [-0.25, -0.2) is 0 Å². The number of ether oxygens (including phenoxy) is 6. The third-order valence-corrected chi connectivity index (χ3v) is 17.4. The van der Waals surface area contributed by atoms with Gasteiger partial charge in [0.05, 0.1) is 43.7 Å².